The number of amides is 1. The van der Waals surface area contributed by atoms with Crippen LogP contribution >= 0.6 is 11.6 Å². The Balaban J connectivity index is 1.75. The van der Waals surface area contributed by atoms with E-state index in [1.54, 1.807) is 11.2 Å². The standard InChI is InChI=1S/C26H35ClN6O2/c1-7-30(8-2)21-16-33(20-11-9-10-19(27)14-20)24-22(21)23(28-17-29-24)32-13-12-31(15-18(32)3)25(34)35-26(4,5)6/h9-11,14,16-18H,7-8,12-13,15H2,1-6H3. The van der Waals surface area contributed by atoms with E-state index in [9.17, 15) is 4.79 Å². The third kappa shape index (κ3) is 5.17. The lowest BCUT2D eigenvalue weighted by atomic mass is 10.1. The zero-order chi connectivity index (χ0) is 25.3. The smallest absolute Gasteiger partial charge is 0.410 e. The first-order valence-corrected chi connectivity index (χ1v) is 12.6. The minimum Gasteiger partial charge on any atom is -0.444 e. The van der Waals surface area contributed by atoms with Crippen LogP contribution in [0.15, 0.2) is 36.8 Å². The predicted octanol–water partition coefficient (Wildman–Crippen LogP) is 5.37. The summed E-state index contributed by atoms with van der Waals surface area (Å²) in [6, 6.07) is 7.85. The molecule has 0 radical (unpaired) electrons. The van der Waals surface area contributed by atoms with Crippen molar-refractivity contribution in [1.82, 2.24) is 19.4 Å². The minimum atomic E-state index is -0.516. The summed E-state index contributed by atoms with van der Waals surface area (Å²) >= 11 is 6.31. The summed E-state index contributed by atoms with van der Waals surface area (Å²) in [6.07, 6.45) is 3.48. The van der Waals surface area contributed by atoms with Gasteiger partial charge in [-0.25, -0.2) is 14.8 Å². The van der Waals surface area contributed by atoms with E-state index in [-0.39, 0.29) is 12.1 Å². The number of anilines is 2. The Morgan fingerprint density at radius 2 is 1.94 bits per heavy atom. The number of benzene rings is 1. The van der Waals surface area contributed by atoms with Crippen LogP contribution in [0.2, 0.25) is 5.02 Å². The van der Waals surface area contributed by atoms with Crippen molar-refractivity contribution < 1.29 is 9.53 Å². The second kappa shape index (κ2) is 9.93. The molecule has 0 N–H and O–H groups in total. The highest BCUT2D eigenvalue weighted by Gasteiger charge is 2.32. The van der Waals surface area contributed by atoms with Gasteiger partial charge in [-0.05, 0) is 59.7 Å². The predicted molar refractivity (Wildman–Crippen MR) is 142 cm³/mol. The molecule has 8 nitrogen and oxygen atoms in total. The van der Waals surface area contributed by atoms with Crippen molar-refractivity contribution in [2.75, 3.05) is 42.5 Å². The fourth-order valence-electron chi connectivity index (χ4n) is 4.64. The highest BCUT2D eigenvalue weighted by molar-refractivity contribution is 6.30. The second-order valence-electron chi connectivity index (χ2n) is 9.90. The molecule has 3 aromatic rings. The quantitative estimate of drug-likeness (QED) is 0.471. The van der Waals surface area contributed by atoms with Gasteiger partial charge in [-0.2, -0.15) is 0 Å². The van der Waals surface area contributed by atoms with E-state index in [1.165, 1.54) is 0 Å². The molecule has 1 saturated heterocycles. The number of carbonyl (C=O) groups is 1. The molecule has 1 aromatic carbocycles. The van der Waals surface area contributed by atoms with Gasteiger partial charge in [0.2, 0.25) is 0 Å². The molecule has 0 spiro atoms. The normalized spacial score (nSPS) is 16.6. The number of rotatable bonds is 5. The zero-order valence-corrected chi connectivity index (χ0v) is 22.2. The summed E-state index contributed by atoms with van der Waals surface area (Å²) in [5.74, 6) is 0.883. The van der Waals surface area contributed by atoms with Crippen molar-refractivity contribution in [1.29, 1.82) is 0 Å². The van der Waals surface area contributed by atoms with Crippen molar-refractivity contribution in [3.05, 3.63) is 41.8 Å². The number of halogens is 1. The highest BCUT2D eigenvalue weighted by Crippen LogP contribution is 2.37. The van der Waals surface area contributed by atoms with Crippen molar-refractivity contribution >= 4 is 40.2 Å². The van der Waals surface area contributed by atoms with Gasteiger partial charge in [-0.3, -0.25) is 4.57 Å². The van der Waals surface area contributed by atoms with E-state index in [0.29, 0.717) is 24.7 Å². The number of hydrogen-bond donors (Lipinski definition) is 0. The summed E-state index contributed by atoms with van der Waals surface area (Å²) < 4.78 is 7.69. The summed E-state index contributed by atoms with van der Waals surface area (Å²) in [5, 5.41) is 1.68. The number of piperazine rings is 1. The van der Waals surface area contributed by atoms with Crippen LogP contribution < -0.4 is 9.80 Å². The summed E-state index contributed by atoms with van der Waals surface area (Å²) in [6.45, 7) is 15.6. The SMILES string of the molecule is CCN(CC)c1cn(-c2cccc(Cl)c2)c2ncnc(N3CCN(C(=O)OC(C)(C)C)CC3C)c12. The molecule has 1 aliphatic heterocycles. The molecule has 9 heteroatoms. The molecule has 0 aliphatic carbocycles. The van der Waals surface area contributed by atoms with Crippen molar-refractivity contribution in [3.63, 3.8) is 0 Å². The first-order valence-electron chi connectivity index (χ1n) is 12.2. The van der Waals surface area contributed by atoms with Gasteiger partial charge >= 0.3 is 6.09 Å². The van der Waals surface area contributed by atoms with Crippen LogP contribution in [0.25, 0.3) is 16.7 Å². The molecule has 1 unspecified atom stereocenters. The monoisotopic (exact) mass is 498 g/mol. The summed E-state index contributed by atoms with van der Waals surface area (Å²) in [4.78, 5) is 28.5. The molecule has 188 valence electrons. The Kier molecular flexibility index (Phi) is 7.12. The molecule has 35 heavy (non-hydrogen) atoms. The van der Waals surface area contributed by atoms with Crippen LogP contribution in [-0.2, 0) is 4.74 Å². The molecule has 1 fully saturated rings. The third-order valence-electron chi connectivity index (χ3n) is 6.28. The topological polar surface area (TPSA) is 66.7 Å². The largest absolute Gasteiger partial charge is 0.444 e. The Morgan fingerprint density at radius 3 is 2.57 bits per heavy atom. The van der Waals surface area contributed by atoms with Gasteiger partial charge in [0.25, 0.3) is 0 Å². The molecule has 1 atom stereocenters. The Hall–Kier alpha value is -3.00. The fourth-order valence-corrected chi connectivity index (χ4v) is 4.82. The average molecular weight is 499 g/mol. The van der Waals surface area contributed by atoms with E-state index in [4.69, 9.17) is 26.3 Å². The van der Waals surface area contributed by atoms with Gasteiger partial charge < -0.3 is 19.4 Å². The van der Waals surface area contributed by atoms with Crippen molar-refractivity contribution in [3.8, 4) is 5.69 Å². The van der Waals surface area contributed by atoms with Gasteiger partial charge in [0.15, 0.2) is 5.65 Å². The molecular weight excluding hydrogens is 464 g/mol. The van der Waals surface area contributed by atoms with E-state index >= 15 is 0 Å². The van der Waals surface area contributed by atoms with Gasteiger partial charge in [-0.1, -0.05) is 17.7 Å². The molecule has 0 bridgehead atoms. The summed E-state index contributed by atoms with van der Waals surface area (Å²) in [7, 11) is 0. The first kappa shape index (κ1) is 25.1. The fraction of sp³-hybridized carbons (Fsp3) is 0.500. The van der Waals surface area contributed by atoms with Crippen molar-refractivity contribution in [2.45, 2.75) is 53.2 Å². The Bertz CT molecular complexity index is 1200. The molecule has 1 aliphatic rings. The van der Waals surface area contributed by atoms with Crippen LogP contribution in [0.4, 0.5) is 16.3 Å². The van der Waals surface area contributed by atoms with Crippen LogP contribution in [0.5, 0.6) is 0 Å². The number of ether oxygens (including phenoxy) is 1. The maximum atomic E-state index is 12.7. The van der Waals surface area contributed by atoms with Gasteiger partial charge in [0.05, 0.1) is 11.1 Å². The Morgan fingerprint density at radius 1 is 1.20 bits per heavy atom. The molecule has 4 rings (SSSR count). The maximum Gasteiger partial charge on any atom is 0.410 e. The minimum absolute atomic E-state index is 0.0634. The number of aromatic nitrogens is 3. The molecule has 2 aromatic heterocycles. The first-order chi connectivity index (χ1) is 16.6. The highest BCUT2D eigenvalue weighted by atomic mass is 35.5. The molecule has 1 amide bonds. The lowest BCUT2D eigenvalue weighted by Crippen LogP contribution is -2.54. The van der Waals surface area contributed by atoms with Crippen LogP contribution in [0.1, 0.15) is 41.5 Å². The second-order valence-corrected chi connectivity index (χ2v) is 10.3. The van der Waals surface area contributed by atoms with E-state index in [2.05, 4.69) is 41.3 Å². The maximum absolute atomic E-state index is 12.7. The van der Waals surface area contributed by atoms with Crippen LogP contribution in [0, 0.1) is 0 Å². The Labute approximate surface area is 212 Å². The van der Waals surface area contributed by atoms with Gasteiger partial charge in [0.1, 0.15) is 17.7 Å². The average Bonchev–Trinajstić information content (AvgIpc) is 3.19. The molecular formula is C26H35ClN6O2. The number of nitrogens with zero attached hydrogens (tertiary/aromatic N) is 6. The lowest BCUT2D eigenvalue weighted by molar-refractivity contribution is 0.0218. The number of fused-ring (bicyclic) bond motifs is 1. The number of carbonyl (C=O) groups excluding carboxylic acids is 1. The van der Waals surface area contributed by atoms with E-state index in [1.807, 2.05) is 45.0 Å². The van der Waals surface area contributed by atoms with Crippen LogP contribution in [0.3, 0.4) is 0 Å². The lowest BCUT2D eigenvalue weighted by Gasteiger charge is -2.41. The van der Waals surface area contributed by atoms with Gasteiger partial charge in [0, 0.05) is 55.7 Å². The van der Waals surface area contributed by atoms with Gasteiger partial charge in [-0.15, -0.1) is 0 Å². The molecule has 3 heterocycles. The number of hydrogen-bond acceptors (Lipinski definition) is 6. The third-order valence-corrected chi connectivity index (χ3v) is 6.52. The van der Waals surface area contributed by atoms with E-state index < -0.39 is 5.60 Å². The molecule has 0 saturated carbocycles. The summed E-state index contributed by atoms with van der Waals surface area (Å²) in [5.41, 5.74) is 2.36. The van der Waals surface area contributed by atoms with E-state index in [0.717, 1.165) is 41.3 Å². The van der Waals surface area contributed by atoms with Crippen LogP contribution in [-0.4, -0.2) is 69.9 Å². The zero-order valence-electron chi connectivity index (χ0n) is 21.5. The van der Waals surface area contributed by atoms with Crippen molar-refractivity contribution in [2.24, 2.45) is 0 Å².